The second-order valence-corrected chi connectivity index (χ2v) is 8.53. The van der Waals surface area contributed by atoms with Crippen molar-refractivity contribution in [3.05, 3.63) is 52.2 Å². The molecular formula is C22H23N3O4S. The quantitative estimate of drug-likeness (QED) is 0.759. The number of aromatic hydroxyl groups is 1. The van der Waals surface area contributed by atoms with Gasteiger partial charge in [0.1, 0.15) is 12.3 Å². The SMILES string of the molecule is Cc1cc(/C=C2/SC(=O)N(CC(=O)N3CCCC3)C2=O)c(C)n1-c1ccc(O)cc1. The molecule has 3 heterocycles. The van der Waals surface area contributed by atoms with Gasteiger partial charge in [-0.3, -0.25) is 19.3 Å². The van der Waals surface area contributed by atoms with E-state index in [1.807, 2.05) is 36.6 Å². The molecule has 0 unspecified atom stereocenters. The van der Waals surface area contributed by atoms with Crippen LogP contribution in [0.1, 0.15) is 29.8 Å². The first-order valence-electron chi connectivity index (χ1n) is 9.86. The van der Waals surface area contributed by atoms with E-state index in [1.165, 1.54) is 0 Å². The highest BCUT2D eigenvalue weighted by molar-refractivity contribution is 8.18. The van der Waals surface area contributed by atoms with Crippen molar-refractivity contribution >= 4 is 34.9 Å². The molecule has 8 heteroatoms. The van der Waals surface area contributed by atoms with E-state index in [2.05, 4.69) is 0 Å². The van der Waals surface area contributed by atoms with Crippen molar-refractivity contribution in [2.45, 2.75) is 26.7 Å². The summed E-state index contributed by atoms with van der Waals surface area (Å²) >= 11 is 0.868. The predicted molar refractivity (Wildman–Crippen MR) is 115 cm³/mol. The molecule has 2 aliphatic rings. The number of carbonyl (C=O) groups excluding carboxylic acids is 3. The van der Waals surface area contributed by atoms with Crippen LogP contribution in [-0.4, -0.2) is 56.2 Å². The molecular weight excluding hydrogens is 402 g/mol. The van der Waals surface area contributed by atoms with Gasteiger partial charge in [0.15, 0.2) is 0 Å². The van der Waals surface area contributed by atoms with Crippen LogP contribution < -0.4 is 0 Å². The molecule has 2 aromatic rings. The summed E-state index contributed by atoms with van der Waals surface area (Å²) in [6, 6.07) is 8.83. The molecule has 0 bridgehead atoms. The predicted octanol–water partition coefficient (Wildman–Crippen LogP) is 3.46. The first-order valence-corrected chi connectivity index (χ1v) is 10.7. The summed E-state index contributed by atoms with van der Waals surface area (Å²) < 4.78 is 2.02. The second kappa shape index (κ2) is 8.02. The molecule has 0 atom stereocenters. The molecule has 0 spiro atoms. The van der Waals surface area contributed by atoms with E-state index in [0.717, 1.165) is 52.1 Å². The van der Waals surface area contributed by atoms with Crippen LogP contribution in [0.25, 0.3) is 11.8 Å². The lowest BCUT2D eigenvalue weighted by molar-refractivity contribution is -0.135. The van der Waals surface area contributed by atoms with Crippen molar-refractivity contribution in [2.75, 3.05) is 19.6 Å². The molecule has 2 saturated heterocycles. The number of hydrogen-bond donors (Lipinski definition) is 1. The Labute approximate surface area is 179 Å². The van der Waals surface area contributed by atoms with Crippen LogP contribution in [0.2, 0.25) is 0 Å². The van der Waals surface area contributed by atoms with Gasteiger partial charge in [-0.2, -0.15) is 0 Å². The van der Waals surface area contributed by atoms with E-state index in [-0.39, 0.29) is 18.2 Å². The van der Waals surface area contributed by atoms with Gasteiger partial charge in [0.2, 0.25) is 5.91 Å². The molecule has 0 saturated carbocycles. The van der Waals surface area contributed by atoms with Gasteiger partial charge >= 0.3 is 0 Å². The summed E-state index contributed by atoms with van der Waals surface area (Å²) in [7, 11) is 0. The van der Waals surface area contributed by atoms with Crippen LogP contribution in [0.3, 0.4) is 0 Å². The molecule has 0 radical (unpaired) electrons. The summed E-state index contributed by atoms with van der Waals surface area (Å²) in [4.78, 5) is 40.6. The maximum atomic E-state index is 12.8. The minimum atomic E-state index is -0.424. The van der Waals surface area contributed by atoms with Gasteiger partial charge in [-0.1, -0.05) is 0 Å². The van der Waals surface area contributed by atoms with Crippen molar-refractivity contribution in [3.8, 4) is 11.4 Å². The number of amides is 3. The topological polar surface area (TPSA) is 82.9 Å². The summed E-state index contributed by atoms with van der Waals surface area (Å²) in [6.07, 6.45) is 3.64. The maximum absolute atomic E-state index is 12.8. The minimum Gasteiger partial charge on any atom is -0.508 e. The first kappa shape index (κ1) is 20.3. The van der Waals surface area contributed by atoms with Crippen molar-refractivity contribution < 1.29 is 19.5 Å². The average molecular weight is 426 g/mol. The first-order chi connectivity index (χ1) is 14.3. The fourth-order valence-corrected chi connectivity index (χ4v) is 4.74. The van der Waals surface area contributed by atoms with E-state index in [0.29, 0.717) is 18.0 Å². The van der Waals surface area contributed by atoms with Crippen LogP contribution >= 0.6 is 11.8 Å². The van der Waals surface area contributed by atoms with Gasteiger partial charge in [-0.15, -0.1) is 0 Å². The van der Waals surface area contributed by atoms with E-state index in [4.69, 9.17) is 0 Å². The summed E-state index contributed by atoms with van der Waals surface area (Å²) in [5.74, 6) is -0.410. The van der Waals surface area contributed by atoms with Gasteiger partial charge in [-0.25, -0.2) is 0 Å². The number of aromatic nitrogens is 1. The third-order valence-corrected chi connectivity index (χ3v) is 6.40. The number of rotatable bonds is 4. The zero-order valence-corrected chi connectivity index (χ0v) is 17.7. The highest BCUT2D eigenvalue weighted by atomic mass is 32.2. The van der Waals surface area contributed by atoms with E-state index in [1.54, 1.807) is 23.1 Å². The average Bonchev–Trinajstić information content (AvgIpc) is 3.40. The molecule has 7 nitrogen and oxygen atoms in total. The van der Waals surface area contributed by atoms with Gasteiger partial charge in [-0.05, 0) is 80.4 Å². The third kappa shape index (κ3) is 3.75. The Morgan fingerprint density at radius 2 is 1.80 bits per heavy atom. The van der Waals surface area contributed by atoms with Crippen LogP contribution in [-0.2, 0) is 9.59 Å². The Bertz CT molecular complexity index is 1050. The van der Waals surface area contributed by atoms with Crippen molar-refractivity contribution in [1.29, 1.82) is 0 Å². The zero-order valence-electron chi connectivity index (χ0n) is 16.9. The highest BCUT2D eigenvalue weighted by Gasteiger charge is 2.37. The standard InChI is InChI=1S/C22H23N3O4S/c1-14-11-16(15(2)25(14)17-5-7-18(26)8-6-17)12-19-21(28)24(22(29)30-19)13-20(27)23-9-3-4-10-23/h5-8,11-12,26H,3-4,9-10,13H2,1-2H3/b19-12+. The summed E-state index contributed by atoms with van der Waals surface area (Å²) in [5, 5.41) is 9.11. The lowest BCUT2D eigenvalue weighted by atomic mass is 10.2. The number of aryl methyl sites for hydroxylation is 1. The van der Waals surface area contributed by atoms with Gasteiger partial charge in [0.05, 0.1) is 4.91 Å². The van der Waals surface area contributed by atoms with Gasteiger partial charge in [0.25, 0.3) is 11.1 Å². The Hall–Kier alpha value is -3.00. The highest BCUT2D eigenvalue weighted by Crippen LogP contribution is 2.34. The van der Waals surface area contributed by atoms with E-state index in [9.17, 15) is 19.5 Å². The maximum Gasteiger partial charge on any atom is 0.294 e. The van der Waals surface area contributed by atoms with Crippen molar-refractivity contribution in [1.82, 2.24) is 14.4 Å². The number of carbonyl (C=O) groups is 3. The molecule has 156 valence electrons. The Morgan fingerprint density at radius 3 is 2.47 bits per heavy atom. The van der Waals surface area contributed by atoms with E-state index < -0.39 is 11.1 Å². The van der Waals surface area contributed by atoms with Crippen molar-refractivity contribution in [3.63, 3.8) is 0 Å². The Balaban J connectivity index is 1.57. The molecule has 30 heavy (non-hydrogen) atoms. The molecule has 2 fully saturated rings. The Morgan fingerprint density at radius 1 is 1.13 bits per heavy atom. The van der Waals surface area contributed by atoms with Crippen LogP contribution in [0.5, 0.6) is 5.75 Å². The van der Waals surface area contributed by atoms with Crippen LogP contribution in [0, 0.1) is 13.8 Å². The number of phenols is 1. The molecule has 4 rings (SSSR count). The second-order valence-electron chi connectivity index (χ2n) is 7.53. The number of phenolic OH excluding ortho intramolecular Hbond substituents is 1. The summed E-state index contributed by atoms with van der Waals surface area (Å²) in [6.45, 7) is 5.07. The largest absolute Gasteiger partial charge is 0.508 e. The van der Waals surface area contributed by atoms with Crippen molar-refractivity contribution in [2.24, 2.45) is 0 Å². The number of benzene rings is 1. The number of likely N-dealkylation sites (tertiary alicyclic amines) is 1. The fourth-order valence-electron chi connectivity index (χ4n) is 3.91. The Kier molecular flexibility index (Phi) is 5.42. The van der Waals surface area contributed by atoms with Gasteiger partial charge in [0, 0.05) is 30.2 Å². The monoisotopic (exact) mass is 425 g/mol. The van der Waals surface area contributed by atoms with E-state index >= 15 is 0 Å². The smallest absolute Gasteiger partial charge is 0.294 e. The fraction of sp³-hybridized carbons (Fsp3) is 0.318. The lowest BCUT2D eigenvalue weighted by Gasteiger charge is -2.18. The van der Waals surface area contributed by atoms with Crippen LogP contribution in [0.4, 0.5) is 4.79 Å². The van der Waals surface area contributed by atoms with Crippen LogP contribution in [0.15, 0.2) is 35.2 Å². The lowest BCUT2D eigenvalue weighted by Crippen LogP contribution is -2.40. The van der Waals surface area contributed by atoms with Gasteiger partial charge < -0.3 is 14.6 Å². The molecule has 1 N–H and O–H groups in total. The number of nitrogens with zero attached hydrogens (tertiary/aromatic N) is 3. The molecule has 0 aliphatic carbocycles. The molecule has 2 aliphatic heterocycles. The number of hydrogen-bond acceptors (Lipinski definition) is 5. The number of thioether (sulfide) groups is 1. The zero-order chi connectivity index (χ0) is 21.4. The third-order valence-electron chi connectivity index (χ3n) is 5.49. The molecule has 1 aromatic carbocycles. The molecule has 3 amide bonds. The normalized spacial score (nSPS) is 18.1. The molecule has 1 aromatic heterocycles. The minimum absolute atomic E-state index is 0.179. The summed E-state index contributed by atoms with van der Waals surface area (Å²) in [5.41, 5.74) is 3.61. The number of imide groups is 1.